The van der Waals surface area contributed by atoms with Gasteiger partial charge in [-0.15, -0.1) is 0 Å². The first kappa shape index (κ1) is 21.0. The Labute approximate surface area is 172 Å². The summed E-state index contributed by atoms with van der Waals surface area (Å²) in [4.78, 5) is 15.0. The fourth-order valence-electron chi connectivity index (χ4n) is 3.64. The van der Waals surface area contributed by atoms with Gasteiger partial charge in [0.15, 0.2) is 11.5 Å². The van der Waals surface area contributed by atoms with Gasteiger partial charge in [0.05, 0.1) is 26.9 Å². The first-order valence-corrected chi connectivity index (χ1v) is 10.0. The molecule has 0 saturated carbocycles. The summed E-state index contributed by atoms with van der Waals surface area (Å²) >= 11 is 0. The minimum Gasteiger partial charge on any atom is -0.494 e. The predicted octanol–water partition coefficient (Wildman–Crippen LogP) is 3.17. The molecule has 0 saturated heterocycles. The Morgan fingerprint density at radius 3 is 2.62 bits per heavy atom. The number of hydrogen-bond acceptors (Lipinski definition) is 5. The summed E-state index contributed by atoms with van der Waals surface area (Å²) in [5.41, 5.74) is 3.54. The van der Waals surface area contributed by atoms with Crippen LogP contribution in [0.3, 0.4) is 0 Å². The molecule has 156 valence electrons. The van der Waals surface area contributed by atoms with Crippen LogP contribution in [0.25, 0.3) is 0 Å². The van der Waals surface area contributed by atoms with E-state index in [2.05, 4.69) is 22.3 Å². The second kappa shape index (κ2) is 9.65. The van der Waals surface area contributed by atoms with E-state index < -0.39 is 0 Å². The molecule has 0 aromatic heterocycles. The molecule has 29 heavy (non-hydrogen) atoms. The van der Waals surface area contributed by atoms with E-state index in [4.69, 9.17) is 14.2 Å². The number of ether oxygens (including phenoxy) is 3. The summed E-state index contributed by atoms with van der Waals surface area (Å²) < 4.78 is 16.2. The van der Waals surface area contributed by atoms with Crippen LogP contribution in [0.15, 0.2) is 36.4 Å². The second-order valence-electron chi connectivity index (χ2n) is 7.17. The van der Waals surface area contributed by atoms with Gasteiger partial charge < -0.3 is 19.5 Å². The topological polar surface area (TPSA) is 60.0 Å². The molecule has 2 aromatic rings. The first-order chi connectivity index (χ1) is 14.0. The maximum atomic E-state index is 12.7. The van der Waals surface area contributed by atoms with Crippen LogP contribution >= 0.6 is 0 Å². The summed E-state index contributed by atoms with van der Waals surface area (Å²) in [7, 11) is 3.21. The summed E-state index contributed by atoms with van der Waals surface area (Å²) in [6, 6.07) is 11.7. The van der Waals surface area contributed by atoms with Gasteiger partial charge in [-0.05, 0) is 61.2 Å². The predicted molar refractivity (Wildman–Crippen MR) is 113 cm³/mol. The van der Waals surface area contributed by atoms with Crippen molar-refractivity contribution in [2.45, 2.75) is 39.4 Å². The van der Waals surface area contributed by atoms with Crippen LogP contribution in [-0.4, -0.2) is 44.2 Å². The number of nitrogens with one attached hydrogen (secondary N) is 1. The van der Waals surface area contributed by atoms with Crippen LogP contribution < -0.4 is 19.5 Å². The van der Waals surface area contributed by atoms with E-state index in [-0.39, 0.29) is 11.9 Å². The highest BCUT2D eigenvalue weighted by Gasteiger charge is 2.25. The van der Waals surface area contributed by atoms with E-state index in [0.717, 1.165) is 30.8 Å². The number of methoxy groups -OCH3 is 2. The molecule has 1 aliphatic rings. The van der Waals surface area contributed by atoms with E-state index in [0.29, 0.717) is 24.7 Å². The third-order valence-electron chi connectivity index (χ3n) is 5.37. The van der Waals surface area contributed by atoms with Crippen molar-refractivity contribution in [1.82, 2.24) is 10.2 Å². The Kier molecular flexibility index (Phi) is 6.99. The third-order valence-corrected chi connectivity index (χ3v) is 5.37. The Morgan fingerprint density at radius 2 is 1.90 bits per heavy atom. The smallest absolute Gasteiger partial charge is 0.237 e. The van der Waals surface area contributed by atoms with E-state index in [1.54, 1.807) is 14.2 Å². The largest absolute Gasteiger partial charge is 0.494 e. The maximum absolute atomic E-state index is 12.7. The van der Waals surface area contributed by atoms with Gasteiger partial charge in [0.1, 0.15) is 5.75 Å². The highest BCUT2D eigenvalue weighted by molar-refractivity contribution is 5.81. The van der Waals surface area contributed by atoms with Crippen LogP contribution in [0.1, 0.15) is 30.5 Å². The maximum Gasteiger partial charge on any atom is 0.237 e. The molecule has 6 nitrogen and oxygen atoms in total. The Morgan fingerprint density at radius 1 is 1.10 bits per heavy atom. The number of nitrogens with zero attached hydrogens (tertiary/aromatic N) is 1. The summed E-state index contributed by atoms with van der Waals surface area (Å²) in [5, 5.41) is 3.04. The molecule has 0 fully saturated rings. The second-order valence-corrected chi connectivity index (χ2v) is 7.17. The Hall–Kier alpha value is -2.73. The van der Waals surface area contributed by atoms with E-state index in [9.17, 15) is 4.79 Å². The highest BCUT2D eigenvalue weighted by Crippen LogP contribution is 2.28. The highest BCUT2D eigenvalue weighted by atomic mass is 16.5. The Bertz CT molecular complexity index is 853. The minimum atomic E-state index is -0.209. The van der Waals surface area contributed by atoms with Crippen LogP contribution in [0.5, 0.6) is 17.2 Å². The number of hydrogen-bond donors (Lipinski definition) is 1. The number of fused-ring (bicyclic) bond motifs is 1. The fraction of sp³-hybridized carbons (Fsp3) is 0.435. The quantitative estimate of drug-likeness (QED) is 0.740. The molecule has 3 rings (SSSR count). The molecule has 1 aliphatic heterocycles. The van der Waals surface area contributed by atoms with Crippen molar-refractivity contribution in [3.8, 4) is 17.2 Å². The molecule has 0 bridgehead atoms. The fourth-order valence-corrected chi connectivity index (χ4v) is 3.64. The molecular weight excluding hydrogens is 368 g/mol. The van der Waals surface area contributed by atoms with Crippen molar-refractivity contribution in [1.29, 1.82) is 0 Å². The first-order valence-electron chi connectivity index (χ1n) is 10.0. The molecule has 2 aromatic carbocycles. The van der Waals surface area contributed by atoms with Crippen molar-refractivity contribution in [2.24, 2.45) is 0 Å². The van der Waals surface area contributed by atoms with Crippen LogP contribution in [-0.2, 0) is 24.3 Å². The van der Waals surface area contributed by atoms with Gasteiger partial charge in [0.2, 0.25) is 5.91 Å². The van der Waals surface area contributed by atoms with Crippen LogP contribution in [0.2, 0.25) is 0 Å². The zero-order valence-electron chi connectivity index (χ0n) is 17.7. The molecule has 1 heterocycles. The molecule has 1 N–H and O–H groups in total. The van der Waals surface area contributed by atoms with E-state index in [1.165, 1.54) is 11.1 Å². The van der Waals surface area contributed by atoms with Crippen molar-refractivity contribution < 1.29 is 19.0 Å². The molecule has 0 radical (unpaired) electrons. The summed E-state index contributed by atoms with van der Waals surface area (Å²) in [6.45, 7) is 6.66. The van der Waals surface area contributed by atoms with Gasteiger partial charge in [0.25, 0.3) is 0 Å². The van der Waals surface area contributed by atoms with Crippen molar-refractivity contribution in [3.63, 3.8) is 0 Å². The minimum absolute atomic E-state index is 0.0178. The molecular formula is C23H30N2O4. The zero-order valence-corrected chi connectivity index (χ0v) is 17.7. The molecule has 1 unspecified atom stereocenters. The number of benzene rings is 2. The average Bonchev–Trinajstić information content (AvgIpc) is 2.76. The number of carbonyl (C=O) groups is 1. The Balaban J connectivity index is 1.60. The number of amides is 1. The lowest BCUT2D eigenvalue weighted by Crippen LogP contribution is -2.46. The molecule has 0 aliphatic carbocycles. The van der Waals surface area contributed by atoms with Gasteiger partial charge in [-0.1, -0.05) is 12.1 Å². The molecule has 0 spiro atoms. The van der Waals surface area contributed by atoms with Crippen LogP contribution in [0, 0.1) is 0 Å². The molecule has 1 atom stereocenters. The lowest BCUT2D eigenvalue weighted by atomic mass is 9.98. The molecule has 6 heteroatoms. The van der Waals surface area contributed by atoms with Gasteiger partial charge in [-0.2, -0.15) is 0 Å². The van der Waals surface area contributed by atoms with Crippen molar-refractivity contribution >= 4 is 5.91 Å². The van der Waals surface area contributed by atoms with E-state index in [1.807, 2.05) is 38.1 Å². The normalized spacial score (nSPS) is 14.6. The average molecular weight is 399 g/mol. The zero-order chi connectivity index (χ0) is 20.8. The summed E-state index contributed by atoms with van der Waals surface area (Å²) in [5.74, 6) is 2.24. The standard InChI is InChI=1S/C23H30N2O4/c1-5-29-20-8-7-18-10-11-25(15-19(18)13-20)16(2)23(26)24-14-17-6-9-21(27-3)22(12-17)28-4/h6-9,12-13,16H,5,10-11,14-15H2,1-4H3,(H,24,26). The number of rotatable bonds is 8. The van der Waals surface area contributed by atoms with Crippen LogP contribution in [0.4, 0.5) is 0 Å². The lowest BCUT2D eigenvalue weighted by Gasteiger charge is -2.33. The van der Waals surface area contributed by atoms with Crippen molar-refractivity contribution in [3.05, 3.63) is 53.1 Å². The molecule has 1 amide bonds. The lowest BCUT2D eigenvalue weighted by molar-refractivity contribution is -0.126. The van der Waals surface area contributed by atoms with Gasteiger partial charge >= 0.3 is 0 Å². The SMILES string of the molecule is CCOc1ccc2c(c1)CN(C(C)C(=O)NCc1ccc(OC)c(OC)c1)CC2. The monoisotopic (exact) mass is 398 g/mol. The number of carbonyl (C=O) groups excluding carboxylic acids is 1. The van der Waals surface area contributed by atoms with Gasteiger partial charge in [-0.3, -0.25) is 9.69 Å². The van der Waals surface area contributed by atoms with Gasteiger partial charge in [0, 0.05) is 19.6 Å². The van der Waals surface area contributed by atoms with Gasteiger partial charge in [-0.25, -0.2) is 0 Å². The third kappa shape index (κ3) is 5.01. The summed E-state index contributed by atoms with van der Waals surface area (Å²) in [6.07, 6.45) is 0.940. The van der Waals surface area contributed by atoms with Crippen molar-refractivity contribution in [2.75, 3.05) is 27.4 Å². The van der Waals surface area contributed by atoms with E-state index >= 15 is 0 Å².